The number of rotatable bonds is 8. The van der Waals surface area contributed by atoms with Crippen LogP contribution in [0.15, 0.2) is 76.3 Å². The molecule has 2 aromatic carbocycles. The summed E-state index contributed by atoms with van der Waals surface area (Å²) in [5, 5.41) is 10.5. The first-order chi connectivity index (χ1) is 15.0. The fourth-order valence-corrected chi connectivity index (χ4v) is 5.61. The van der Waals surface area contributed by atoms with Crippen molar-refractivity contribution in [3.05, 3.63) is 94.1 Å². The van der Waals surface area contributed by atoms with Gasteiger partial charge in [-0.2, -0.15) is 0 Å². The maximum Gasteiger partial charge on any atom is 0.225 e. The van der Waals surface area contributed by atoms with E-state index in [2.05, 4.69) is 0 Å². The Labute approximate surface area is 192 Å². The molecule has 0 saturated carbocycles. The summed E-state index contributed by atoms with van der Waals surface area (Å²) in [5.41, 5.74) is 8.21. The van der Waals surface area contributed by atoms with E-state index in [-0.39, 0.29) is 5.92 Å². The number of nitrogens with two attached hydrogens (primary N) is 2. The molecule has 0 saturated heterocycles. The van der Waals surface area contributed by atoms with Gasteiger partial charge in [-0.25, -0.2) is 9.37 Å². The van der Waals surface area contributed by atoms with Crippen LogP contribution in [0.3, 0.4) is 0 Å². The van der Waals surface area contributed by atoms with E-state index in [9.17, 15) is 9.18 Å². The summed E-state index contributed by atoms with van der Waals surface area (Å²) >= 11 is 4.33. The molecule has 158 valence electrons. The molecule has 4 N–H and O–H groups in total. The normalized spacial score (nSPS) is 13.1. The van der Waals surface area contributed by atoms with E-state index < -0.39 is 17.6 Å². The van der Waals surface area contributed by atoms with Crippen molar-refractivity contribution < 1.29 is 9.18 Å². The highest BCUT2D eigenvalue weighted by atomic mass is 32.2. The summed E-state index contributed by atoms with van der Waals surface area (Å²) in [6, 6.07) is 17.9. The predicted molar refractivity (Wildman–Crippen MR) is 127 cm³/mol. The number of primary amides is 1. The van der Waals surface area contributed by atoms with Crippen LogP contribution in [0.25, 0.3) is 9.88 Å². The highest BCUT2D eigenvalue weighted by molar-refractivity contribution is 7.97. The minimum Gasteiger partial charge on any atom is -0.369 e. The third kappa shape index (κ3) is 5.04. The average molecular weight is 470 g/mol. The van der Waals surface area contributed by atoms with Gasteiger partial charge in [-0.1, -0.05) is 30.3 Å². The Bertz CT molecular complexity index is 1160. The lowest BCUT2D eigenvalue weighted by Crippen LogP contribution is -2.28. The number of carbonyl (C=O) groups excluding carboxylic acids is 1. The monoisotopic (exact) mass is 469 g/mol. The number of thiophene rings is 1. The van der Waals surface area contributed by atoms with E-state index in [0.717, 1.165) is 26.0 Å². The number of carbonyl (C=O) groups is 1. The molecule has 1 amide bonds. The van der Waals surface area contributed by atoms with E-state index >= 15 is 0 Å². The van der Waals surface area contributed by atoms with E-state index in [1.807, 2.05) is 47.2 Å². The van der Waals surface area contributed by atoms with Crippen LogP contribution in [0.2, 0.25) is 0 Å². The lowest BCUT2D eigenvalue weighted by Gasteiger charge is -2.24. The second-order valence-electron chi connectivity index (χ2n) is 7.06. The highest BCUT2D eigenvalue weighted by Gasteiger charge is 2.32. The van der Waals surface area contributed by atoms with Gasteiger partial charge in [0.1, 0.15) is 10.8 Å². The highest BCUT2D eigenvalue weighted by Crippen LogP contribution is 2.39. The zero-order valence-corrected chi connectivity index (χ0v) is 18.9. The Morgan fingerprint density at radius 1 is 1.10 bits per heavy atom. The molecular formula is C23H20FN3OS3. The molecule has 0 bridgehead atoms. The van der Waals surface area contributed by atoms with Gasteiger partial charge in [-0.3, -0.25) is 9.93 Å². The Morgan fingerprint density at radius 2 is 1.90 bits per heavy atom. The molecule has 0 fully saturated rings. The van der Waals surface area contributed by atoms with E-state index in [0.29, 0.717) is 12.0 Å². The predicted octanol–water partition coefficient (Wildman–Crippen LogP) is 5.57. The SMILES string of the molecule is NSc1ccc(C[C@H](c2csc(-c3cccs3)n2)C(C(N)=O)c2cccc(F)c2)cc1. The van der Waals surface area contributed by atoms with Crippen LogP contribution in [-0.2, 0) is 11.2 Å². The first kappa shape index (κ1) is 21.7. The summed E-state index contributed by atoms with van der Waals surface area (Å²) in [4.78, 5) is 19.5. The van der Waals surface area contributed by atoms with Gasteiger partial charge >= 0.3 is 0 Å². The van der Waals surface area contributed by atoms with E-state index in [4.69, 9.17) is 15.9 Å². The van der Waals surface area contributed by atoms with Gasteiger partial charge in [0.15, 0.2) is 0 Å². The van der Waals surface area contributed by atoms with Crippen molar-refractivity contribution in [1.82, 2.24) is 4.98 Å². The first-order valence-corrected chi connectivity index (χ1v) is 12.2. The van der Waals surface area contributed by atoms with Crippen LogP contribution < -0.4 is 10.9 Å². The van der Waals surface area contributed by atoms with Crippen molar-refractivity contribution >= 4 is 40.5 Å². The molecule has 0 aliphatic carbocycles. The molecule has 8 heteroatoms. The van der Waals surface area contributed by atoms with Crippen molar-refractivity contribution in [3.63, 3.8) is 0 Å². The van der Waals surface area contributed by atoms with Crippen molar-refractivity contribution in [2.45, 2.75) is 23.2 Å². The zero-order valence-electron chi connectivity index (χ0n) is 16.4. The second kappa shape index (κ2) is 9.74. The number of aromatic nitrogens is 1. The van der Waals surface area contributed by atoms with Crippen LogP contribution in [-0.4, -0.2) is 10.9 Å². The summed E-state index contributed by atoms with van der Waals surface area (Å²) in [6.45, 7) is 0. The Balaban J connectivity index is 1.76. The van der Waals surface area contributed by atoms with Crippen LogP contribution in [0.4, 0.5) is 4.39 Å². The number of amides is 1. The molecule has 0 spiro atoms. The van der Waals surface area contributed by atoms with Crippen LogP contribution >= 0.6 is 34.6 Å². The molecule has 4 aromatic rings. The molecular weight excluding hydrogens is 449 g/mol. The molecule has 4 rings (SSSR count). The average Bonchev–Trinajstić information content (AvgIpc) is 3.45. The number of hydrogen-bond acceptors (Lipinski definition) is 6. The Morgan fingerprint density at radius 3 is 2.55 bits per heavy atom. The summed E-state index contributed by atoms with van der Waals surface area (Å²) < 4.78 is 14.0. The fourth-order valence-electron chi connectivity index (χ4n) is 3.62. The van der Waals surface area contributed by atoms with E-state index in [1.54, 1.807) is 23.5 Å². The molecule has 2 heterocycles. The number of halogens is 1. The lowest BCUT2D eigenvalue weighted by atomic mass is 9.80. The molecule has 2 atom stereocenters. The van der Waals surface area contributed by atoms with Crippen molar-refractivity contribution in [2.24, 2.45) is 10.9 Å². The zero-order chi connectivity index (χ0) is 21.8. The third-order valence-corrected chi connectivity index (χ3v) is 7.51. The number of nitrogens with zero attached hydrogens (tertiary/aromatic N) is 1. The van der Waals surface area contributed by atoms with Gasteiger partial charge < -0.3 is 5.73 Å². The summed E-state index contributed by atoms with van der Waals surface area (Å²) in [6.07, 6.45) is 0.535. The van der Waals surface area contributed by atoms with Crippen LogP contribution in [0, 0.1) is 5.82 Å². The van der Waals surface area contributed by atoms with Gasteiger partial charge in [-0.05, 0) is 65.2 Å². The van der Waals surface area contributed by atoms with Crippen molar-refractivity contribution in [2.75, 3.05) is 0 Å². The molecule has 31 heavy (non-hydrogen) atoms. The van der Waals surface area contributed by atoms with Gasteiger partial charge in [0.2, 0.25) is 5.91 Å². The topological polar surface area (TPSA) is 82.0 Å². The summed E-state index contributed by atoms with van der Waals surface area (Å²) in [5.74, 6) is -1.95. The molecule has 0 aliphatic heterocycles. The van der Waals surface area contributed by atoms with Crippen molar-refractivity contribution in [1.29, 1.82) is 0 Å². The molecule has 2 aromatic heterocycles. The molecule has 1 unspecified atom stereocenters. The van der Waals surface area contributed by atoms with E-state index in [1.165, 1.54) is 35.4 Å². The Kier molecular flexibility index (Phi) is 6.82. The smallest absolute Gasteiger partial charge is 0.225 e. The Hall–Kier alpha value is -2.52. The minimum absolute atomic E-state index is 0.333. The minimum atomic E-state index is -0.711. The number of hydrogen-bond donors (Lipinski definition) is 2. The number of benzene rings is 2. The number of thiazole rings is 1. The quantitative estimate of drug-likeness (QED) is 0.331. The molecule has 4 nitrogen and oxygen atoms in total. The van der Waals surface area contributed by atoms with Gasteiger partial charge in [0, 0.05) is 16.2 Å². The van der Waals surface area contributed by atoms with Crippen LogP contribution in [0.5, 0.6) is 0 Å². The van der Waals surface area contributed by atoms with Gasteiger partial charge in [-0.15, -0.1) is 22.7 Å². The summed E-state index contributed by atoms with van der Waals surface area (Å²) in [7, 11) is 0. The van der Waals surface area contributed by atoms with Crippen molar-refractivity contribution in [3.8, 4) is 9.88 Å². The van der Waals surface area contributed by atoms with Gasteiger partial charge in [0.05, 0.1) is 16.5 Å². The fraction of sp³-hybridized carbons (Fsp3) is 0.130. The molecule has 0 radical (unpaired) electrons. The maximum absolute atomic E-state index is 14.0. The molecule has 0 aliphatic rings. The first-order valence-electron chi connectivity index (χ1n) is 9.55. The second-order valence-corrected chi connectivity index (χ2v) is 9.58. The lowest BCUT2D eigenvalue weighted by molar-refractivity contribution is -0.120. The standard InChI is InChI=1S/C23H20FN3OS3/c24-16-4-1-3-15(12-16)21(22(25)28)18(11-14-6-8-17(31-26)9-7-14)19-13-30-23(27-19)20-5-2-10-29-20/h1-10,12-13,18,21H,11,26H2,(H2,25,28)/t18-,21?/m1/s1. The third-order valence-electron chi connectivity index (χ3n) is 5.07. The van der Waals surface area contributed by atoms with Crippen LogP contribution in [0.1, 0.15) is 28.7 Å². The van der Waals surface area contributed by atoms with Gasteiger partial charge in [0.25, 0.3) is 0 Å². The largest absolute Gasteiger partial charge is 0.369 e. The maximum atomic E-state index is 14.0.